The Morgan fingerprint density at radius 1 is 0.434 bits per heavy atom. The number of esters is 1. The Balaban J connectivity index is 5.22. The topological polar surface area (TPSA) is 111 Å². The lowest BCUT2D eigenvalue weighted by molar-refractivity contribution is -0.870. The third kappa shape index (κ3) is 63.0. The third-order valence-corrected chi connectivity index (χ3v) is 15.7. The molecule has 0 rings (SSSR count). The first-order chi connectivity index (χ1) is 40.4. The van der Waals surface area contributed by atoms with Gasteiger partial charge in [-0.3, -0.25) is 18.6 Å². The molecule has 10 heteroatoms. The Kier molecular flexibility index (Phi) is 59.3. The summed E-state index contributed by atoms with van der Waals surface area (Å²) < 4.78 is 30.8. The standard InChI is InChI=1S/C73H129N2O7P/c1-7-10-13-16-19-22-25-28-30-32-34-36-37-39-40-42-44-47-50-53-56-59-62-65-72(76)74-70(69-81-83(78,79)80-68-67-75(4,5)6)71(64-61-58-55-52-49-46-27-24-21-18-15-12-9-3)82-73(77)66-63-60-57-54-51-48-45-43-41-38-35-33-31-29-26-23-20-17-14-11-8-2/h10,13,19-20,22-23,28-31,34-36,38-40,61,64,70-71H,7-9,11-12,14-18,21,24-27,32-33,37,41-60,62-63,65-69H2,1-6H3,(H-,74,76,78,79)/p+1/b13-10-,22-19-,23-20-,30-28-,31-29-,36-34-,38-35-,40-39-,64-61+. The van der Waals surface area contributed by atoms with Crippen LogP contribution in [-0.4, -0.2) is 74.3 Å². The fourth-order valence-corrected chi connectivity index (χ4v) is 10.2. The van der Waals surface area contributed by atoms with E-state index in [9.17, 15) is 19.0 Å². The summed E-state index contributed by atoms with van der Waals surface area (Å²) in [6.45, 7) is 6.87. The van der Waals surface area contributed by atoms with E-state index < -0.39 is 20.0 Å². The van der Waals surface area contributed by atoms with Crippen LogP contribution in [0.1, 0.15) is 290 Å². The number of phosphoric ester groups is 1. The molecule has 0 aliphatic heterocycles. The Morgan fingerprint density at radius 3 is 1.18 bits per heavy atom. The van der Waals surface area contributed by atoms with Crippen LogP contribution in [0.5, 0.6) is 0 Å². The van der Waals surface area contributed by atoms with Gasteiger partial charge < -0.3 is 19.4 Å². The average molecular weight is 1180 g/mol. The van der Waals surface area contributed by atoms with Gasteiger partial charge in [0.2, 0.25) is 5.91 Å². The number of carbonyl (C=O) groups excluding carboxylic acids is 2. The molecule has 3 unspecified atom stereocenters. The van der Waals surface area contributed by atoms with Crippen molar-refractivity contribution >= 4 is 19.7 Å². The molecule has 0 aliphatic carbocycles. The van der Waals surface area contributed by atoms with Crippen LogP contribution in [0.15, 0.2) is 109 Å². The van der Waals surface area contributed by atoms with Gasteiger partial charge in [-0.15, -0.1) is 0 Å². The number of hydrogen-bond acceptors (Lipinski definition) is 6. The van der Waals surface area contributed by atoms with Gasteiger partial charge in [0.05, 0.1) is 33.8 Å². The Hall–Kier alpha value is -3.33. The lowest BCUT2D eigenvalue weighted by Crippen LogP contribution is -2.47. The highest BCUT2D eigenvalue weighted by Gasteiger charge is 2.30. The highest BCUT2D eigenvalue weighted by Crippen LogP contribution is 2.43. The average Bonchev–Trinajstić information content (AvgIpc) is 3.46. The second kappa shape index (κ2) is 61.7. The molecule has 478 valence electrons. The number of likely N-dealkylation sites (N-methyl/N-ethyl adjacent to an activating group) is 1. The van der Waals surface area contributed by atoms with Crippen molar-refractivity contribution in [1.29, 1.82) is 0 Å². The van der Waals surface area contributed by atoms with Gasteiger partial charge in [0, 0.05) is 12.8 Å². The van der Waals surface area contributed by atoms with E-state index in [0.717, 1.165) is 128 Å². The molecule has 3 atom stereocenters. The molecular formula is C73H130N2O7P+. The van der Waals surface area contributed by atoms with Gasteiger partial charge in [-0.1, -0.05) is 272 Å². The van der Waals surface area contributed by atoms with Crippen molar-refractivity contribution < 1.29 is 37.3 Å². The first-order valence-corrected chi connectivity index (χ1v) is 35.7. The summed E-state index contributed by atoms with van der Waals surface area (Å²) in [6.07, 6.45) is 85.1. The normalized spacial score (nSPS) is 14.3. The zero-order valence-electron chi connectivity index (χ0n) is 54.7. The second-order valence-electron chi connectivity index (χ2n) is 24.0. The van der Waals surface area contributed by atoms with Gasteiger partial charge in [-0.05, 0) is 115 Å². The number of rotatable bonds is 61. The minimum Gasteiger partial charge on any atom is -0.456 e. The molecule has 0 spiro atoms. The highest BCUT2D eigenvalue weighted by molar-refractivity contribution is 7.47. The second-order valence-corrected chi connectivity index (χ2v) is 25.4. The summed E-state index contributed by atoms with van der Waals surface area (Å²) in [6, 6.07) is -0.866. The zero-order valence-corrected chi connectivity index (χ0v) is 55.6. The van der Waals surface area contributed by atoms with Gasteiger partial charge in [0.15, 0.2) is 0 Å². The molecule has 0 aliphatic rings. The first-order valence-electron chi connectivity index (χ1n) is 34.2. The minimum absolute atomic E-state index is 0.0315. The molecule has 0 aromatic rings. The predicted molar refractivity (Wildman–Crippen MR) is 360 cm³/mol. The quantitative estimate of drug-likeness (QED) is 0.0205. The van der Waals surface area contributed by atoms with Crippen molar-refractivity contribution in [2.75, 3.05) is 40.9 Å². The van der Waals surface area contributed by atoms with Gasteiger partial charge in [-0.2, -0.15) is 0 Å². The van der Waals surface area contributed by atoms with Gasteiger partial charge in [0.25, 0.3) is 0 Å². The molecule has 0 saturated heterocycles. The summed E-state index contributed by atoms with van der Waals surface area (Å²) in [5.74, 6) is -0.526. The summed E-state index contributed by atoms with van der Waals surface area (Å²) in [4.78, 5) is 37.9. The number of phosphoric acid groups is 1. The van der Waals surface area contributed by atoms with Gasteiger partial charge in [0.1, 0.15) is 19.3 Å². The Labute approximate surface area is 512 Å². The van der Waals surface area contributed by atoms with Crippen molar-refractivity contribution in [2.24, 2.45) is 0 Å². The number of carbonyl (C=O) groups is 2. The van der Waals surface area contributed by atoms with E-state index in [1.807, 2.05) is 33.3 Å². The van der Waals surface area contributed by atoms with Crippen LogP contribution in [0.4, 0.5) is 0 Å². The van der Waals surface area contributed by atoms with Crippen molar-refractivity contribution in [2.45, 2.75) is 303 Å². The lowest BCUT2D eigenvalue weighted by atomic mass is 10.0. The van der Waals surface area contributed by atoms with E-state index in [4.69, 9.17) is 13.8 Å². The molecule has 0 heterocycles. The predicted octanol–water partition coefficient (Wildman–Crippen LogP) is 21.7. The van der Waals surface area contributed by atoms with Crippen LogP contribution in [0, 0.1) is 0 Å². The first kappa shape index (κ1) is 79.7. The van der Waals surface area contributed by atoms with Gasteiger partial charge >= 0.3 is 13.8 Å². The van der Waals surface area contributed by atoms with Crippen LogP contribution < -0.4 is 5.32 Å². The Morgan fingerprint density at radius 2 is 0.771 bits per heavy atom. The Bertz CT molecular complexity index is 1790. The smallest absolute Gasteiger partial charge is 0.456 e. The minimum atomic E-state index is -4.47. The number of hydrogen-bond donors (Lipinski definition) is 2. The van der Waals surface area contributed by atoms with Crippen LogP contribution in [0.2, 0.25) is 0 Å². The fourth-order valence-electron chi connectivity index (χ4n) is 9.44. The molecule has 0 aromatic carbocycles. The summed E-state index contributed by atoms with van der Waals surface area (Å²) in [5, 5.41) is 3.06. The van der Waals surface area contributed by atoms with Crippen molar-refractivity contribution in [1.82, 2.24) is 5.32 Å². The highest BCUT2D eigenvalue weighted by atomic mass is 31.2. The largest absolute Gasteiger partial charge is 0.472 e. The zero-order chi connectivity index (χ0) is 60.7. The monoisotopic (exact) mass is 1180 g/mol. The molecular weight excluding hydrogens is 1050 g/mol. The molecule has 0 aromatic heterocycles. The summed E-state index contributed by atoms with van der Waals surface area (Å²) in [5.41, 5.74) is 0. The van der Waals surface area contributed by atoms with E-state index in [-0.39, 0.29) is 31.5 Å². The van der Waals surface area contributed by atoms with E-state index in [1.165, 1.54) is 128 Å². The number of quaternary nitrogens is 1. The maximum absolute atomic E-state index is 13.6. The van der Waals surface area contributed by atoms with Gasteiger partial charge in [-0.25, -0.2) is 4.57 Å². The molecule has 0 fully saturated rings. The maximum atomic E-state index is 13.6. The van der Waals surface area contributed by atoms with Crippen LogP contribution in [-0.2, 0) is 27.9 Å². The van der Waals surface area contributed by atoms with E-state index in [1.54, 1.807) is 0 Å². The maximum Gasteiger partial charge on any atom is 0.472 e. The molecule has 0 saturated carbocycles. The van der Waals surface area contributed by atoms with Crippen molar-refractivity contribution in [3.63, 3.8) is 0 Å². The van der Waals surface area contributed by atoms with Crippen LogP contribution in [0.3, 0.4) is 0 Å². The molecule has 83 heavy (non-hydrogen) atoms. The third-order valence-electron chi connectivity index (χ3n) is 14.7. The van der Waals surface area contributed by atoms with E-state index in [2.05, 4.69) is 123 Å². The van der Waals surface area contributed by atoms with Crippen LogP contribution in [0.25, 0.3) is 0 Å². The summed E-state index contributed by atoms with van der Waals surface area (Å²) in [7, 11) is 1.47. The number of amides is 1. The van der Waals surface area contributed by atoms with E-state index >= 15 is 0 Å². The fraction of sp³-hybridized carbons (Fsp3) is 0.726. The van der Waals surface area contributed by atoms with E-state index in [0.29, 0.717) is 17.4 Å². The number of nitrogens with one attached hydrogen (secondary N) is 1. The number of unbranched alkanes of at least 4 members (excludes halogenated alkanes) is 29. The molecule has 1 amide bonds. The summed E-state index contributed by atoms with van der Waals surface area (Å²) >= 11 is 0. The number of nitrogens with zero attached hydrogens (tertiary/aromatic N) is 1. The molecule has 9 nitrogen and oxygen atoms in total. The lowest BCUT2D eigenvalue weighted by Gasteiger charge is -2.27. The molecule has 2 N–H and O–H groups in total. The number of allylic oxidation sites excluding steroid dienone is 17. The number of ether oxygens (including phenoxy) is 1. The molecule has 0 radical (unpaired) electrons. The van der Waals surface area contributed by atoms with Crippen molar-refractivity contribution in [3.05, 3.63) is 109 Å². The SMILES string of the molecule is CC/C=C\C/C=C\C/C=C\C/C=C\C/C=C\CCCCCCCCCC(=O)NC(COP(=O)(O)OCC[N+](C)(C)C)C(/C=C/CCCCCCCCCCCCC)OC(=O)CCCCCCCCCC/C=C\C/C=C\C/C=C\CCCCC. The van der Waals surface area contributed by atoms with Crippen molar-refractivity contribution in [3.8, 4) is 0 Å². The van der Waals surface area contributed by atoms with Crippen LogP contribution >= 0.6 is 7.82 Å². The molecule has 0 bridgehead atoms.